The van der Waals surface area contributed by atoms with Gasteiger partial charge in [0.05, 0.1) is 7.11 Å². The molecule has 5 heteroatoms. The molecule has 25 heavy (non-hydrogen) atoms. The zero-order valence-corrected chi connectivity index (χ0v) is 15.8. The van der Waals surface area contributed by atoms with Crippen LogP contribution in [0.4, 0.5) is 0 Å². The Labute approximate surface area is 151 Å². The molecule has 0 spiro atoms. The number of fused-ring (bicyclic) bond motifs is 1. The summed E-state index contributed by atoms with van der Waals surface area (Å²) in [6.07, 6.45) is 0. The molecule has 1 aromatic carbocycles. The first-order chi connectivity index (χ1) is 11.9. The molecule has 3 rings (SSSR count). The van der Waals surface area contributed by atoms with E-state index in [1.165, 1.54) is 4.88 Å². The Kier molecular flexibility index (Phi) is 4.97. The number of ether oxygens (including phenoxy) is 1. The Morgan fingerprint density at radius 3 is 2.68 bits per heavy atom. The molecule has 0 bridgehead atoms. The lowest BCUT2D eigenvalue weighted by Crippen LogP contribution is -2.31. The van der Waals surface area contributed by atoms with E-state index in [1.807, 2.05) is 12.1 Å². The third-order valence-electron chi connectivity index (χ3n) is 4.23. The molecule has 4 nitrogen and oxygen atoms in total. The number of hydrogen-bond acceptors (Lipinski definition) is 5. The van der Waals surface area contributed by atoms with E-state index in [0.29, 0.717) is 17.9 Å². The summed E-state index contributed by atoms with van der Waals surface area (Å²) in [7, 11) is 1.60. The molecule has 0 fully saturated rings. The zero-order chi connectivity index (χ0) is 18.0. The molecule has 0 saturated carbocycles. The predicted octanol–water partition coefficient (Wildman–Crippen LogP) is 4.74. The van der Waals surface area contributed by atoms with Crippen molar-refractivity contribution in [1.29, 1.82) is 0 Å². The SMILES string of the molecule is COc1ccc2c(CNC(c3cccs3)C(C)(C)C)cc(=O)oc2c1. The van der Waals surface area contributed by atoms with Gasteiger partial charge in [-0.3, -0.25) is 0 Å². The second-order valence-electron chi connectivity index (χ2n) is 7.15. The second-order valence-corrected chi connectivity index (χ2v) is 8.13. The van der Waals surface area contributed by atoms with Crippen molar-refractivity contribution in [1.82, 2.24) is 5.32 Å². The second kappa shape index (κ2) is 7.02. The van der Waals surface area contributed by atoms with Crippen molar-refractivity contribution in [2.24, 2.45) is 5.41 Å². The van der Waals surface area contributed by atoms with Gasteiger partial charge in [-0.1, -0.05) is 26.8 Å². The molecule has 2 aromatic heterocycles. The molecule has 0 amide bonds. The van der Waals surface area contributed by atoms with Gasteiger partial charge in [0.1, 0.15) is 11.3 Å². The molecular formula is C20H23NO3S. The maximum Gasteiger partial charge on any atom is 0.336 e. The molecular weight excluding hydrogens is 334 g/mol. The minimum Gasteiger partial charge on any atom is -0.497 e. The summed E-state index contributed by atoms with van der Waals surface area (Å²) in [4.78, 5) is 13.2. The standard InChI is InChI=1S/C20H23NO3S/c1-20(2,3)19(17-6-5-9-25-17)21-12-13-10-18(22)24-16-11-14(23-4)7-8-15(13)16/h5-11,19,21H,12H2,1-4H3. The summed E-state index contributed by atoms with van der Waals surface area (Å²) in [5, 5.41) is 6.64. The quantitative estimate of drug-likeness (QED) is 0.670. The third-order valence-corrected chi connectivity index (χ3v) is 5.16. The number of benzene rings is 1. The molecule has 0 aliphatic rings. The monoisotopic (exact) mass is 357 g/mol. The smallest absolute Gasteiger partial charge is 0.336 e. The molecule has 0 radical (unpaired) electrons. The first-order valence-corrected chi connectivity index (χ1v) is 9.14. The minimum atomic E-state index is -0.346. The Bertz CT molecular complexity index is 907. The summed E-state index contributed by atoms with van der Waals surface area (Å²) < 4.78 is 10.5. The van der Waals surface area contributed by atoms with Gasteiger partial charge in [0.25, 0.3) is 0 Å². The summed E-state index contributed by atoms with van der Waals surface area (Å²) >= 11 is 1.75. The van der Waals surface area contributed by atoms with Crippen molar-refractivity contribution in [2.45, 2.75) is 33.4 Å². The Balaban J connectivity index is 1.93. The summed E-state index contributed by atoms with van der Waals surface area (Å²) in [5.74, 6) is 0.673. The van der Waals surface area contributed by atoms with Gasteiger partial charge in [0, 0.05) is 35.0 Å². The minimum absolute atomic E-state index is 0.0589. The Morgan fingerprint density at radius 1 is 1.24 bits per heavy atom. The average molecular weight is 357 g/mol. The van der Waals surface area contributed by atoms with E-state index < -0.39 is 0 Å². The first-order valence-electron chi connectivity index (χ1n) is 8.26. The number of hydrogen-bond donors (Lipinski definition) is 1. The first kappa shape index (κ1) is 17.7. The van der Waals surface area contributed by atoms with E-state index in [9.17, 15) is 4.79 Å². The lowest BCUT2D eigenvalue weighted by atomic mass is 9.85. The lowest BCUT2D eigenvalue weighted by Gasteiger charge is -2.31. The average Bonchev–Trinajstić information content (AvgIpc) is 3.06. The van der Waals surface area contributed by atoms with Gasteiger partial charge >= 0.3 is 5.63 Å². The van der Waals surface area contributed by atoms with E-state index in [2.05, 4.69) is 43.6 Å². The van der Waals surface area contributed by atoms with E-state index in [-0.39, 0.29) is 17.1 Å². The molecule has 0 aliphatic carbocycles. The molecule has 1 atom stereocenters. The van der Waals surface area contributed by atoms with Crippen LogP contribution < -0.4 is 15.7 Å². The van der Waals surface area contributed by atoms with Crippen molar-refractivity contribution in [2.75, 3.05) is 7.11 Å². The van der Waals surface area contributed by atoms with Crippen LogP contribution in [0.5, 0.6) is 5.75 Å². The van der Waals surface area contributed by atoms with Crippen molar-refractivity contribution < 1.29 is 9.15 Å². The fraction of sp³-hybridized carbons (Fsp3) is 0.350. The van der Waals surface area contributed by atoms with Crippen LogP contribution in [-0.4, -0.2) is 7.11 Å². The molecule has 132 valence electrons. The molecule has 1 unspecified atom stereocenters. The van der Waals surface area contributed by atoms with Gasteiger partial charge in [-0.15, -0.1) is 11.3 Å². The summed E-state index contributed by atoms with van der Waals surface area (Å²) in [6, 6.07) is 11.6. The Morgan fingerprint density at radius 2 is 2.04 bits per heavy atom. The van der Waals surface area contributed by atoms with Gasteiger partial charge in [0.2, 0.25) is 0 Å². The fourth-order valence-corrected chi connectivity index (χ4v) is 4.03. The summed E-state index contributed by atoms with van der Waals surface area (Å²) in [6.45, 7) is 7.24. The highest BCUT2D eigenvalue weighted by atomic mass is 32.1. The molecule has 0 saturated heterocycles. The number of nitrogens with one attached hydrogen (secondary N) is 1. The van der Waals surface area contributed by atoms with Crippen LogP contribution in [0.25, 0.3) is 11.0 Å². The maximum atomic E-state index is 11.9. The van der Waals surface area contributed by atoms with Gasteiger partial charge in [-0.25, -0.2) is 4.79 Å². The van der Waals surface area contributed by atoms with Crippen LogP contribution >= 0.6 is 11.3 Å². The van der Waals surface area contributed by atoms with Gasteiger partial charge in [-0.2, -0.15) is 0 Å². The van der Waals surface area contributed by atoms with Crippen LogP contribution in [0, 0.1) is 5.41 Å². The Hall–Kier alpha value is -2.11. The van der Waals surface area contributed by atoms with Crippen LogP contribution in [0.3, 0.4) is 0 Å². The number of methoxy groups -OCH3 is 1. The third kappa shape index (κ3) is 3.94. The fourth-order valence-electron chi connectivity index (χ4n) is 2.98. The van der Waals surface area contributed by atoms with Crippen LogP contribution in [0.2, 0.25) is 0 Å². The molecule has 3 aromatic rings. The van der Waals surface area contributed by atoms with Gasteiger partial charge < -0.3 is 14.5 Å². The number of thiophene rings is 1. The van der Waals surface area contributed by atoms with Crippen molar-refractivity contribution in [3.05, 3.63) is 62.6 Å². The van der Waals surface area contributed by atoms with Crippen LogP contribution in [0.1, 0.15) is 37.3 Å². The lowest BCUT2D eigenvalue weighted by molar-refractivity contribution is 0.275. The largest absolute Gasteiger partial charge is 0.497 e. The van der Waals surface area contributed by atoms with E-state index >= 15 is 0 Å². The normalized spacial score (nSPS) is 13.1. The highest BCUT2D eigenvalue weighted by Gasteiger charge is 2.26. The van der Waals surface area contributed by atoms with Crippen molar-refractivity contribution in [3.63, 3.8) is 0 Å². The van der Waals surface area contributed by atoms with Crippen molar-refractivity contribution in [3.8, 4) is 5.75 Å². The number of rotatable bonds is 5. The van der Waals surface area contributed by atoms with Crippen molar-refractivity contribution >= 4 is 22.3 Å². The maximum absolute atomic E-state index is 11.9. The van der Waals surface area contributed by atoms with E-state index in [0.717, 1.165) is 10.9 Å². The highest BCUT2D eigenvalue weighted by Crippen LogP contribution is 2.35. The molecule has 2 heterocycles. The predicted molar refractivity (Wildman–Crippen MR) is 102 cm³/mol. The van der Waals surface area contributed by atoms with Crippen LogP contribution in [0.15, 0.2) is 51.0 Å². The van der Waals surface area contributed by atoms with E-state index in [1.54, 1.807) is 30.6 Å². The molecule has 1 N–H and O–H groups in total. The topological polar surface area (TPSA) is 51.5 Å². The molecule has 0 aliphatic heterocycles. The van der Waals surface area contributed by atoms with E-state index in [4.69, 9.17) is 9.15 Å². The van der Waals surface area contributed by atoms with Gasteiger partial charge in [-0.05, 0) is 34.6 Å². The van der Waals surface area contributed by atoms with Crippen LogP contribution in [-0.2, 0) is 6.54 Å². The highest BCUT2D eigenvalue weighted by molar-refractivity contribution is 7.10. The summed E-state index contributed by atoms with van der Waals surface area (Å²) in [5.41, 5.74) is 1.19. The zero-order valence-electron chi connectivity index (χ0n) is 15.0. The van der Waals surface area contributed by atoms with Gasteiger partial charge in [0.15, 0.2) is 0 Å².